The first-order valence-corrected chi connectivity index (χ1v) is 12.9. The number of hydrogen-bond donors (Lipinski definition) is 2. The number of ketones is 1. The van der Waals surface area contributed by atoms with Crippen molar-refractivity contribution in [3.8, 4) is 27.7 Å². The number of fused-ring (bicyclic) bond motifs is 1. The van der Waals surface area contributed by atoms with Gasteiger partial charge in [0.05, 0.1) is 0 Å². The molecule has 2 N–H and O–H groups in total. The number of phenols is 2. The molecule has 1 saturated heterocycles. The van der Waals surface area contributed by atoms with E-state index in [1.807, 2.05) is 24.3 Å². The maximum Gasteiger partial charge on any atom is 0.195 e. The number of nitrogens with zero attached hydrogens (tertiary/aromatic N) is 1. The molecule has 0 radical (unpaired) electrons. The molecule has 1 aromatic heterocycles. The maximum absolute atomic E-state index is 13.7. The van der Waals surface area contributed by atoms with E-state index in [-0.39, 0.29) is 17.3 Å². The van der Waals surface area contributed by atoms with Crippen molar-refractivity contribution in [2.75, 3.05) is 26.2 Å². The van der Waals surface area contributed by atoms with E-state index in [4.69, 9.17) is 4.74 Å². The molecule has 0 unspecified atom stereocenters. The molecule has 180 valence electrons. The highest BCUT2D eigenvalue weighted by molar-refractivity contribution is 7.22. The number of carbonyl (C=O) groups excluding carboxylic acids is 1. The number of thiophene rings is 1. The van der Waals surface area contributed by atoms with E-state index in [1.165, 1.54) is 24.2 Å². The predicted octanol–water partition coefficient (Wildman–Crippen LogP) is 6.32. The van der Waals surface area contributed by atoms with Crippen LogP contribution in [0.3, 0.4) is 0 Å². The summed E-state index contributed by atoms with van der Waals surface area (Å²) in [6, 6.07) is 19.2. The van der Waals surface area contributed by atoms with Crippen molar-refractivity contribution in [3.63, 3.8) is 0 Å². The molecule has 0 aliphatic carbocycles. The molecule has 35 heavy (non-hydrogen) atoms. The number of hydrogen-bond acceptors (Lipinski definition) is 6. The van der Waals surface area contributed by atoms with E-state index in [0.29, 0.717) is 17.7 Å². The van der Waals surface area contributed by atoms with Crippen LogP contribution < -0.4 is 4.74 Å². The molecule has 1 aliphatic heterocycles. The van der Waals surface area contributed by atoms with Crippen LogP contribution in [0.25, 0.3) is 20.5 Å². The lowest BCUT2D eigenvalue weighted by Crippen LogP contribution is -2.26. The first-order chi connectivity index (χ1) is 17.0. The van der Waals surface area contributed by atoms with Crippen molar-refractivity contribution < 1.29 is 19.7 Å². The molecule has 1 atom stereocenters. The van der Waals surface area contributed by atoms with Gasteiger partial charge >= 0.3 is 0 Å². The van der Waals surface area contributed by atoms with Gasteiger partial charge < -0.3 is 14.9 Å². The number of rotatable bonds is 8. The number of aromatic hydroxyl groups is 2. The Labute approximate surface area is 209 Å². The van der Waals surface area contributed by atoms with Gasteiger partial charge in [0.1, 0.15) is 23.9 Å². The summed E-state index contributed by atoms with van der Waals surface area (Å²) in [6.07, 6.45) is 2.51. The summed E-state index contributed by atoms with van der Waals surface area (Å²) in [7, 11) is 0. The molecule has 5 rings (SSSR count). The first kappa shape index (κ1) is 23.4. The van der Waals surface area contributed by atoms with E-state index in [0.717, 1.165) is 51.8 Å². The topological polar surface area (TPSA) is 70.0 Å². The lowest BCUT2D eigenvalue weighted by atomic mass is 9.97. The summed E-state index contributed by atoms with van der Waals surface area (Å²) < 4.78 is 6.78. The minimum atomic E-state index is -0.0840. The average Bonchev–Trinajstić information content (AvgIpc) is 3.48. The molecule has 6 heteroatoms. The highest BCUT2D eigenvalue weighted by Gasteiger charge is 2.22. The average molecular weight is 488 g/mol. The summed E-state index contributed by atoms with van der Waals surface area (Å²) in [5.74, 6) is 1.82. The lowest BCUT2D eigenvalue weighted by molar-refractivity contribution is 0.104. The van der Waals surface area contributed by atoms with Crippen LogP contribution in [0.2, 0.25) is 0 Å². The van der Waals surface area contributed by atoms with E-state index in [1.54, 1.807) is 42.5 Å². The molecule has 5 nitrogen and oxygen atoms in total. The summed E-state index contributed by atoms with van der Waals surface area (Å²) in [6.45, 7) is 6.10. The number of phenolic OH excluding ortho intramolecular Hbond substituents is 2. The zero-order valence-electron chi connectivity index (χ0n) is 19.7. The molecule has 2 heterocycles. The SMILES string of the molecule is CC[C@@H]1CCN(CCOc2ccc(C(=O)c3c(-c4ccc(O)cc4)sc4cc(O)ccc34)cc2)C1. The van der Waals surface area contributed by atoms with Gasteiger partial charge in [0.15, 0.2) is 5.78 Å². The molecule has 1 fully saturated rings. The van der Waals surface area contributed by atoms with Crippen molar-refractivity contribution in [2.45, 2.75) is 19.8 Å². The smallest absolute Gasteiger partial charge is 0.195 e. The Kier molecular flexibility index (Phi) is 6.75. The Morgan fingerprint density at radius 2 is 1.77 bits per heavy atom. The largest absolute Gasteiger partial charge is 0.508 e. The van der Waals surface area contributed by atoms with E-state index < -0.39 is 0 Å². The van der Waals surface area contributed by atoms with Crippen LogP contribution in [0.4, 0.5) is 0 Å². The standard InChI is InChI=1S/C29H29NO4S/c1-2-19-13-14-30(18-19)15-16-34-24-10-5-20(6-11-24)28(33)27-25-12-9-23(32)17-26(25)35-29(27)21-3-7-22(31)8-4-21/h3-12,17,19,31-32H,2,13-16,18H2,1H3/t19-/m1/s1. The van der Waals surface area contributed by atoms with Crippen LogP contribution in [-0.2, 0) is 0 Å². The Bertz CT molecular complexity index is 1330. The molecular formula is C29H29NO4S. The fourth-order valence-corrected chi connectivity index (χ4v) is 5.95. The van der Waals surface area contributed by atoms with Gasteiger partial charge in [-0.25, -0.2) is 0 Å². The minimum Gasteiger partial charge on any atom is -0.508 e. The minimum absolute atomic E-state index is 0.0840. The van der Waals surface area contributed by atoms with Gasteiger partial charge in [0, 0.05) is 39.2 Å². The Morgan fingerprint density at radius 1 is 1.03 bits per heavy atom. The van der Waals surface area contributed by atoms with Gasteiger partial charge in [-0.05, 0) is 91.2 Å². The third-order valence-electron chi connectivity index (χ3n) is 6.77. The molecule has 0 saturated carbocycles. The summed E-state index contributed by atoms with van der Waals surface area (Å²) >= 11 is 1.46. The van der Waals surface area contributed by atoms with Gasteiger partial charge in [0.25, 0.3) is 0 Å². The van der Waals surface area contributed by atoms with Crippen molar-refractivity contribution in [1.29, 1.82) is 0 Å². The second kappa shape index (κ2) is 10.1. The van der Waals surface area contributed by atoms with Gasteiger partial charge in [-0.1, -0.05) is 13.3 Å². The molecule has 0 bridgehead atoms. The molecule has 3 aromatic carbocycles. The summed E-state index contributed by atoms with van der Waals surface area (Å²) in [5.41, 5.74) is 2.03. The van der Waals surface area contributed by atoms with Crippen molar-refractivity contribution in [3.05, 3.63) is 77.9 Å². The second-order valence-corrected chi connectivity index (χ2v) is 10.2. The van der Waals surface area contributed by atoms with Crippen LogP contribution in [0.1, 0.15) is 35.7 Å². The molecule has 4 aromatic rings. The van der Waals surface area contributed by atoms with Crippen LogP contribution in [0, 0.1) is 5.92 Å². The Hall–Kier alpha value is -3.35. The normalized spacial score (nSPS) is 16.1. The van der Waals surface area contributed by atoms with E-state index in [9.17, 15) is 15.0 Å². The fraction of sp³-hybridized carbons (Fsp3) is 0.276. The lowest BCUT2D eigenvalue weighted by Gasteiger charge is -2.16. The Morgan fingerprint density at radius 3 is 2.49 bits per heavy atom. The van der Waals surface area contributed by atoms with Crippen LogP contribution in [0.5, 0.6) is 17.2 Å². The number of benzene rings is 3. The van der Waals surface area contributed by atoms with E-state index >= 15 is 0 Å². The van der Waals surface area contributed by atoms with Crippen molar-refractivity contribution in [2.24, 2.45) is 5.92 Å². The van der Waals surface area contributed by atoms with Crippen LogP contribution in [0.15, 0.2) is 66.7 Å². The van der Waals surface area contributed by atoms with Gasteiger partial charge in [-0.15, -0.1) is 11.3 Å². The monoisotopic (exact) mass is 487 g/mol. The molecule has 0 spiro atoms. The second-order valence-electron chi connectivity index (χ2n) is 9.10. The quantitative estimate of drug-likeness (QED) is 0.285. The number of carbonyl (C=O) groups is 1. The van der Waals surface area contributed by atoms with Crippen LogP contribution >= 0.6 is 11.3 Å². The first-order valence-electron chi connectivity index (χ1n) is 12.1. The van der Waals surface area contributed by atoms with Gasteiger partial charge in [0.2, 0.25) is 0 Å². The molecule has 1 aliphatic rings. The highest BCUT2D eigenvalue weighted by atomic mass is 32.1. The van der Waals surface area contributed by atoms with Crippen LogP contribution in [-0.4, -0.2) is 47.1 Å². The van der Waals surface area contributed by atoms with Crippen molar-refractivity contribution in [1.82, 2.24) is 4.90 Å². The number of ether oxygens (including phenoxy) is 1. The van der Waals surface area contributed by atoms with E-state index in [2.05, 4.69) is 11.8 Å². The maximum atomic E-state index is 13.7. The molecule has 0 amide bonds. The van der Waals surface area contributed by atoms with Crippen molar-refractivity contribution >= 4 is 27.2 Å². The third kappa shape index (κ3) is 5.04. The zero-order chi connectivity index (χ0) is 24.4. The summed E-state index contributed by atoms with van der Waals surface area (Å²) in [5, 5.41) is 20.5. The zero-order valence-corrected chi connectivity index (χ0v) is 20.6. The fourth-order valence-electron chi connectivity index (χ4n) is 4.72. The molecular weight excluding hydrogens is 458 g/mol. The Balaban J connectivity index is 1.36. The van der Waals surface area contributed by atoms with Gasteiger partial charge in [-0.3, -0.25) is 9.69 Å². The third-order valence-corrected chi connectivity index (χ3v) is 7.97. The predicted molar refractivity (Wildman–Crippen MR) is 141 cm³/mol. The van der Waals surface area contributed by atoms with Gasteiger partial charge in [-0.2, -0.15) is 0 Å². The summed E-state index contributed by atoms with van der Waals surface area (Å²) in [4.78, 5) is 16.9. The highest BCUT2D eigenvalue weighted by Crippen LogP contribution is 2.41. The number of likely N-dealkylation sites (tertiary alicyclic amines) is 1.